The number of carbonyl (C=O) groups excluding carboxylic acids is 1. The second-order valence-electron chi connectivity index (χ2n) is 8.06. The van der Waals surface area contributed by atoms with Gasteiger partial charge in [-0.15, -0.1) is 0 Å². The Morgan fingerprint density at radius 1 is 1.21 bits per heavy atom. The molecule has 1 fully saturated rings. The predicted molar refractivity (Wildman–Crippen MR) is 107 cm³/mol. The summed E-state index contributed by atoms with van der Waals surface area (Å²) in [6, 6.07) is 6.00. The van der Waals surface area contributed by atoms with Crippen molar-refractivity contribution in [3.8, 4) is 0 Å². The van der Waals surface area contributed by atoms with Crippen molar-refractivity contribution >= 4 is 17.0 Å². The molecule has 6 heteroatoms. The van der Waals surface area contributed by atoms with E-state index in [0.29, 0.717) is 17.8 Å². The molecule has 0 spiro atoms. The molecule has 1 aliphatic carbocycles. The summed E-state index contributed by atoms with van der Waals surface area (Å²) >= 11 is 0. The highest BCUT2D eigenvalue weighted by Gasteiger charge is 2.34. The Labute approximate surface area is 164 Å². The summed E-state index contributed by atoms with van der Waals surface area (Å²) < 4.78 is 5.28. The Kier molecular flexibility index (Phi) is 5.11. The first-order chi connectivity index (χ1) is 13.6. The van der Waals surface area contributed by atoms with E-state index in [1.165, 1.54) is 24.8 Å². The lowest BCUT2D eigenvalue weighted by molar-refractivity contribution is 0.0936. The Balaban J connectivity index is 1.55. The predicted octanol–water partition coefficient (Wildman–Crippen LogP) is 4.37. The van der Waals surface area contributed by atoms with Crippen molar-refractivity contribution < 1.29 is 9.32 Å². The highest BCUT2D eigenvalue weighted by atomic mass is 16.5. The van der Waals surface area contributed by atoms with Crippen LogP contribution in [0.1, 0.15) is 73.5 Å². The SMILES string of the molecule is CC(C)c1noc2ncc(C(=O)NCC3(c4ccncc4)CCCCC3)cc12. The van der Waals surface area contributed by atoms with E-state index >= 15 is 0 Å². The van der Waals surface area contributed by atoms with Gasteiger partial charge in [-0.3, -0.25) is 9.78 Å². The molecule has 0 radical (unpaired) electrons. The van der Waals surface area contributed by atoms with E-state index in [-0.39, 0.29) is 17.2 Å². The van der Waals surface area contributed by atoms with Crippen LogP contribution in [-0.4, -0.2) is 27.6 Å². The molecule has 28 heavy (non-hydrogen) atoms. The smallest absolute Gasteiger partial charge is 0.257 e. The van der Waals surface area contributed by atoms with Crippen molar-refractivity contribution in [1.29, 1.82) is 0 Å². The molecular weight excluding hydrogens is 352 g/mol. The molecule has 4 rings (SSSR count). The second kappa shape index (κ2) is 7.70. The first-order valence-corrected chi connectivity index (χ1v) is 10.0. The maximum absolute atomic E-state index is 12.9. The maximum Gasteiger partial charge on any atom is 0.257 e. The molecule has 0 aliphatic heterocycles. The third kappa shape index (κ3) is 3.51. The standard InChI is InChI=1S/C22H26N4O2/c1-15(2)19-18-12-16(13-24-21(18)28-26-19)20(27)25-14-22(8-4-3-5-9-22)17-6-10-23-11-7-17/h6-7,10-13,15H,3-5,8-9,14H2,1-2H3,(H,25,27). The maximum atomic E-state index is 12.9. The van der Waals surface area contributed by atoms with Gasteiger partial charge in [-0.2, -0.15) is 0 Å². The van der Waals surface area contributed by atoms with E-state index in [9.17, 15) is 4.79 Å². The molecule has 146 valence electrons. The van der Waals surface area contributed by atoms with Gasteiger partial charge in [0.1, 0.15) is 0 Å². The summed E-state index contributed by atoms with van der Waals surface area (Å²) in [4.78, 5) is 21.3. The van der Waals surface area contributed by atoms with Crippen LogP contribution in [0.5, 0.6) is 0 Å². The highest BCUT2D eigenvalue weighted by Crippen LogP contribution is 2.38. The summed E-state index contributed by atoms with van der Waals surface area (Å²) in [5, 5.41) is 8.06. The molecule has 0 atom stereocenters. The van der Waals surface area contributed by atoms with Gasteiger partial charge in [0.2, 0.25) is 0 Å². The second-order valence-corrected chi connectivity index (χ2v) is 8.06. The van der Waals surface area contributed by atoms with Gasteiger partial charge in [0.15, 0.2) is 0 Å². The number of hydrogen-bond acceptors (Lipinski definition) is 5. The van der Waals surface area contributed by atoms with Crippen LogP contribution >= 0.6 is 0 Å². The van der Waals surface area contributed by atoms with Crippen molar-refractivity contribution in [2.45, 2.75) is 57.3 Å². The minimum atomic E-state index is -0.107. The van der Waals surface area contributed by atoms with Crippen molar-refractivity contribution in [2.75, 3.05) is 6.54 Å². The van der Waals surface area contributed by atoms with Crippen LogP contribution in [0.25, 0.3) is 11.1 Å². The molecule has 1 N–H and O–H groups in total. The average Bonchev–Trinajstić information content (AvgIpc) is 3.17. The quantitative estimate of drug-likeness (QED) is 0.713. The molecule has 1 saturated carbocycles. The topological polar surface area (TPSA) is 80.9 Å². The lowest BCUT2D eigenvalue weighted by atomic mass is 9.69. The summed E-state index contributed by atoms with van der Waals surface area (Å²) in [6.45, 7) is 4.71. The molecule has 3 aromatic heterocycles. The lowest BCUT2D eigenvalue weighted by Gasteiger charge is -2.38. The minimum absolute atomic E-state index is 0.0192. The minimum Gasteiger partial charge on any atom is -0.351 e. The fourth-order valence-corrected chi connectivity index (χ4v) is 4.24. The monoisotopic (exact) mass is 378 g/mol. The van der Waals surface area contributed by atoms with Crippen LogP contribution in [0.3, 0.4) is 0 Å². The summed E-state index contributed by atoms with van der Waals surface area (Å²) in [7, 11) is 0. The number of fused-ring (bicyclic) bond motifs is 1. The van der Waals surface area contributed by atoms with Gasteiger partial charge < -0.3 is 9.84 Å². The molecule has 0 bridgehead atoms. The third-order valence-corrected chi connectivity index (χ3v) is 5.86. The van der Waals surface area contributed by atoms with Crippen molar-refractivity contribution in [3.05, 3.63) is 53.6 Å². The third-order valence-electron chi connectivity index (χ3n) is 5.86. The Hall–Kier alpha value is -2.76. The number of carbonyl (C=O) groups is 1. The van der Waals surface area contributed by atoms with E-state index in [4.69, 9.17) is 4.52 Å². The zero-order valence-electron chi connectivity index (χ0n) is 16.4. The first kappa shape index (κ1) is 18.6. The van der Waals surface area contributed by atoms with Gasteiger partial charge in [0, 0.05) is 30.6 Å². The Morgan fingerprint density at radius 2 is 1.96 bits per heavy atom. The van der Waals surface area contributed by atoms with Crippen LogP contribution in [0.4, 0.5) is 0 Å². The largest absolute Gasteiger partial charge is 0.351 e. The summed E-state index contributed by atoms with van der Waals surface area (Å²) in [5.74, 6) is 0.0999. The van der Waals surface area contributed by atoms with Gasteiger partial charge in [-0.25, -0.2) is 4.98 Å². The highest BCUT2D eigenvalue weighted by molar-refractivity contribution is 5.97. The first-order valence-electron chi connectivity index (χ1n) is 10.0. The molecule has 3 aromatic rings. The van der Waals surface area contributed by atoms with E-state index in [2.05, 4.69) is 32.6 Å². The van der Waals surface area contributed by atoms with Gasteiger partial charge in [-0.05, 0) is 42.5 Å². The average molecular weight is 378 g/mol. The molecule has 1 aliphatic rings. The molecule has 6 nitrogen and oxygen atoms in total. The van der Waals surface area contributed by atoms with E-state index in [0.717, 1.165) is 23.9 Å². The van der Waals surface area contributed by atoms with Crippen LogP contribution in [0, 0.1) is 0 Å². The van der Waals surface area contributed by atoms with E-state index < -0.39 is 0 Å². The van der Waals surface area contributed by atoms with Gasteiger partial charge in [-0.1, -0.05) is 38.3 Å². The number of nitrogens with zero attached hydrogens (tertiary/aromatic N) is 3. The van der Waals surface area contributed by atoms with Crippen LogP contribution < -0.4 is 5.32 Å². The fourth-order valence-electron chi connectivity index (χ4n) is 4.24. The molecule has 0 aromatic carbocycles. The van der Waals surface area contributed by atoms with Crippen molar-refractivity contribution in [2.24, 2.45) is 0 Å². The van der Waals surface area contributed by atoms with E-state index in [1.807, 2.05) is 32.3 Å². The fraction of sp³-hybridized carbons (Fsp3) is 0.455. The van der Waals surface area contributed by atoms with E-state index in [1.54, 1.807) is 6.20 Å². The van der Waals surface area contributed by atoms with Crippen LogP contribution in [-0.2, 0) is 5.41 Å². The van der Waals surface area contributed by atoms with Gasteiger partial charge in [0.05, 0.1) is 16.6 Å². The van der Waals surface area contributed by atoms with Crippen LogP contribution in [0.15, 0.2) is 41.3 Å². The lowest BCUT2D eigenvalue weighted by Crippen LogP contribution is -2.42. The summed E-state index contributed by atoms with van der Waals surface area (Å²) in [5.41, 5.74) is 3.09. The number of amides is 1. The Morgan fingerprint density at radius 3 is 2.68 bits per heavy atom. The Bertz CT molecular complexity index is 959. The number of nitrogens with one attached hydrogen (secondary N) is 1. The van der Waals surface area contributed by atoms with Gasteiger partial charge in [0.25, 0.3) is 11.6 Å². The number of pyridine rings is 2. The molecule has 1 amide bonds. The molecular formula is C22H26N4O2. The number of hydrogen-bond donors (Lipinski definition) is 1. The molecule has 3 heterocycles. The van der Waals surface area contributed by atoms with Crippen LogP contribution in [0.2, 0.25) is 0 Å². The molecule has 0 unspecified atom stereocenters. The summed E-state index contributed by atoms with van der Waals surface area (Å²) in [6.07, 6.45) is 11.0. The number of rotatable bonds is 5. The normalized spacial score (nSPS) is 16.4. The van der Waals surface area contributed by atoms with Crippen molar-refractivity contribution in [1.82, 2.24) is 20.4 Å². The zero-order valence-corrected chi connectivity index (χ0v) is 16.4. The zero-order chi connectivity index (χ0) is 19.6. The van der Waals surface area contributed by atoms with Crippen molar-refractivity contribution in [3.63, 3.8) is 0 Å². The van der Waals surface area contributed by atoms with Gasteiger partial charge >= 0.3 is 0 Å². The molecule has 0 saturated heterocycles. The number of aromatic nitrogens is 3.